The highest BCUT2D eigenvalue weighted by atomic mass is 32.2. The highest BCUT2D eigenvalue weighted by molar-refractivity contribution is 7.92. The summed E-state index contributed by atoms with van der Waals surface area (Å²) in [5, 5.41) is 12.7. The molecule has 11 heteroatoms. The molecule has 0 bridgehead atoms. The highest BCUT2D eigenvalue weighted by Crippen LogP contribution is 2.31. The Hall–Kier alpha value is -3.18. The molecule has 2 atom stereocenters. The number of hydrogen-bond donors (Lipinski definition) is 3. The van der Waals surface area contributed by atoms with E-state index in [0.717, 1.165) is 6.07 Å². The number of carbonyl (C=O) groups excluding carboxylic acids is 1. The molecule has 8 nitrogen and oxygen atoms in total. The second-order valence-electron chi connectivity index (χ2n) is 7.74. The molecule has 3 rings (SSSR count). The van der Waals surface area contributed by atoms with Crippen molar-refractivity contribution in [3.63, 3.8) is 0 Å². The van der Waals surface area contributed by atoms with Gasteiger partial charge in [0.25, 0.3) is 10.0 Å². The molecule has 0 radical (unpaired) electrons. The molecule has 0 aromatic heterocycles. The van der Waals surface area contributed by atoms with E-state index in [9.17, 15) is 27.1 Å². The highest BCUT2D eigenvalue weighted by Gasteiger charge is 2.28. The van der Waals surface area contributed by atoms with Crippen LogP contribution >= 0.6 is 0 Å². The number of carbonyl (C=O) groups is 1. The molecule has 0 spiro atoms. The van der Waals surface area contributed by atoms with Crippen LogP contribution < -0.4 is 19.5 Å². The van der Waals surface area contributed by atoms with Gasteiger partial charge in [0.1, 0.15) is 16.4 Å². The second-order valence-corrected chi connectivity index (χ2v) is 9.39. The molecule has 184 valence electrons. The van der Waals surface area contributed by atoms with Crippen LogP contribution in [0, 0.1) is 5.92 Å². The summed E-state index contributed by atoms with van der Waals surface area (Å²) in [5.74, 6) is -1.23. The Morgan fingerprint density at radius 2 is 1.88 bits per heavy atom. The normalized spacial score (nSPS) is 18.3. The minimum Gasteiger partial charge on any atom is -0.492 e. The molecule has 1 amide bonds. The number of aliphatic hydroxyl groups is 1. The van der Waals surface area contributed by atoms with E-state index in [0.29, 0.717) is 25.5 Å². The van der Waals surface area contributed by atoms with Gasteiger partial charge in [-0.3, -0.25) is 9.52 Å². The van der Waals surface area contributed by atoms with E-state index < -0.39 is 34.1 Å². The van der Waals surface area contributed by atoms with Gasteiger partial charge in [0.15, 0.2) is 0 Å². The van der Waals surface area contributed by atoms with Crippen molar-refractivity contribution in [1.29, 1.82) is 0 Å². The zero-order chi connectivity index (χ0) is 24.9. The average Bonchev–Trinajstić information content (AvgIpc) is 2.73. The number of sulfonamides is 1. The lowest BCUT2D eigenvalue weighted by Crippen LogP contribution is -2.33. The first kappa shape index (κ1) is 25.4. The Kier molecular flexibility index (Phi) is 7.78. The maximum atomic E-state index is 13.1. The number of amides is 1. The van der Waals surface area contributed by atoms with E-state index in [-0.39, 0.29) is 28.7 Å². The third-order valence-electron chi connectivity index (χ3n) is 4.92. The van der Waals surface area contributed by atoms with Crippen LogP contribution in [0.25, 0.3) is 0 Å². The Bertz CT molecular complexity index is 1160. The molecule has 0 unspecified atom stereocenters. The molecule has 2 aromatic rings. The number of ether oxygens (including phenoxy) is 2. The molecule has 0 heterocycles. The van der Waals surface area contributed by atoms with Crippen LogP contribution in [0.3, 0.4) is 0 Å². The fraction of sp³-hybridized carbons (Fsp3) is 0.348. The van der Waals surface area contributed by atoms with Crippen LogP contribution in [0.15, 0.2) is 59.5 Å². The van der Waals surface area contributed by atoms with Gasteiger partial charge in [0.05, 0.1) is 24.3 Å². The minimum atomic E-state index is -4.18. The number of nitrogens with one attached hydrogen (secondary N) is 2. The molecule has 1 aliphatic rings. The van der Waals surface area contributed by atoms with Crippen LogP contribution in [-0.4, -0.2) is 38.3 Å². The Labute approximate surface area is 196 Å². The largest absolute Gasteiger partial charge is 0.492 e. The van der Waals surface area contributed by atoms with E-state index in [1.807, 2.05) is 12.2 Å². The van der Waals surface area contributed by atoms with Gasteiger partial charge in [0, 0.05) is 24.7 Å². The van der Waals surface area contributed by atoms with E-state index in [1.165, 1.54) is 36.4 Å². The number of halogens is 2. The van der Waals surface area contributed by atoms with Crippen molar-refractivity contribution in [1.82, 2.24) is 0 Å². The lowest BCUT2D eigenvalue weighted by atomic mass is 9.90. The summed E-state index contributed by atoms with van der Waals surface area (Å²) >= 11 is 0. The standard InChI is InChI=1S/C23H26F2N2O6S/c1-3-32-20-14-15(26-22(29)18-9-4-5-10-19(18)28)11-12-21(20)34(30,31)27-16-7-6-8-17(13-16)33-23(2,24)25/h4-8,11-14,18-19,27-28H,3,9-10H2,1-2H3,(H,26,29)/t18-,19+/m0/s1. The first-order valence-electron chi connectivity index (χ1n) is 10.6. The zero-order valence-electron chi connectivity index (χ0n) is 18.6. The van der Waals surface area contributed by atoms with Gasteiger partial charge in [-0.05, 0) is 44.0 Å². The SMILES string of the molecule is CCOc1cc(NC(=O)[C@H]2CC=CC[C@H]2O)ccc1S(=O)(=O)Nc1cccc(OC(C)(F)F)c1. The van der Waals surface area contributed by atoms with Crippen LogP contribution in [0.1, 0.15) is 26.7 Å². The summed E-state index contributed by atoms with van der Waals surface area (Å²) in [6.45, 7) is 2.40. The van der Waals surface area contributed by atoms with Crippen molar-refractivity contribution >= 4 is 27.3 Å². The topological polar surface area (TPSA) is 114 Å². The molecular weight excluding hydrogens is 470 g/mol. The number of allylic oxidation sites excluding steroid dienone is 1. The molecule has 2 aromatic carbocycles. The maximum Gasteiger partial charge on any atom is 0.394 e. The summed E-state index contributed by atoms with van der Waals surface area (Å²) in [7, 11) is -4.18. The van der Waals surface area contributed by atoms with Crippen molar-refractivity contribution in [2.45, 2.75) is 43.8 Å². The van der Waals surface area contributed by atoms with Gasteiger partial charge in [0.2, 0.25) is 5.91 Å². The van der Waals surface area contributed by atoms with Crippen molar-refractivity contribution < 1.29 is 36.6 Å². The molecule has 34 heavy (non-hydrogen) atoms. The molecule has 0 saturated heterocycles. The Morgan fingerprint density at radius 3 is 2.56 bits per heavy atom. The van der Waals surface area contributed by atoms with Crippen LogP contribution in [0.2, 0.25) is 0 Å². The van der Waals surface area contributed by atoms with Gasteiger partial charge < -0.3 is 19.9 Å². The third-order valence-corrected chi connectivity index (χ3v) is 6.34. The number of benzene rings is 2. The van der Waals surface area contributed by atoms with E-state index in [1.54, 1.807) is 6.92 Å². The number of aliphatic hydroxyl groups excluding tert-OH is 1. The number of alkyl halides is 2. The quantitative estimate of drug-likeness (QED) is 0.450. The molecule has 0 saturated carbocycles. The lowest BCUT2D eigenvalue weighted by Gasteiger charge is -2.23. The van der Waals surface area contributed by atoms with Gasteiger partial charge in [-0.25, -0.2) is 8.42 Å². The number of rotatable bonds is 9. The van der Waals surface area contributed by atoms with E-state index >= 15 is 0 Å². The van der Waals surface area contributed by atoms with Crippen LogP contribution in [-0.2, 0) is 14.8 Å². The molecule has 0 aliphatic heterocycles. The summed E-state index contributed by atoms with van der Waals surface area (Å²) in [6.07, 6.45) is 0.189. The van der Waals surface area contributed by atoms with Crippen LogP contribution in [0.5, 0.6) is 11.5 Å². The predicted octanol–water partition coefficient (Wildman–Crippen LogP) is 4.14. The summed E-state index contributed by atoms with van der Waals surface area (Å²) in [6, 6.07) is 9.20. The lowest BCUT2D eigenvalue weighted by molar-refractivity contribution is -0.158. The first-order valence-corrected chi connectivity index (χ1v) is 12.1. The predicted molar refractivity (Wildman–Crippen MR) is 123 cm³/mol. The van der Waals surface area contributed by atoms with Crippen molar-refractivity contribution in [2.24, 2.45) is 5.92 Å². The summed E-state index contributed by atoms with van der Waals surface area (Å²) in [5.41, 5.74) is 0.315. The van der Waals surface area contributed by atoms with E-state index in [2.05, 4.69) is 14.8 Å². The van der Waals surface area contributed by atoms with Crippen molar-refractivity contribution in [3.8, 4) is 11.5 Å². The number of anilines is 2. The fourth-order valence-corrected chi connectivity index (χ4v) is 4.61. The van der Waals surface area contributed by atoms with Gasteiger partial charge >= 0.3 is 6.11 Å². The summed E-state index contributed by atoms with van der Waals surface area (Å²) < 4.78 is 64.5. The third kappa shape index (κ3) is 6.67. The monoisotopic (exact) mass is 496 g/mol. The first-order chi connectivity index (χ1) is 16.0. The van der Waals surface area contributed by atoms with Crippen molar-refractivity contribution in [2.75, 3.05) is 16.6 Å². The minimum absolute atomic E-state index is 0.00983. The average molecular weight is 497 g/mol. The summed E-state index contributed by atoms with van der Waals surface area (Å²) in [4.78, 5) is 12.4. The maximum absolute atomic E-state index is 13.1. The molecule has 3 N–H and O–H groups in total. The van der Waals surface area contributed by atoms with Gasteiger partial charge in [-0.1, -0.05) is 18.2 Å². The van der Waals surface area contributed by atoms with E-state index in [4.69, 9.17) is 4.74 Å². The smallest absolute Gasteiger partial charge is 0.394 e. The molecule has 1 aliphatic carbocycles. The Balaban J connectivity index is 1.82. The second kappa shape index (κ2) is 10.4. The molecule has 0 fully saturated rings. The van der Waals surface area contributed by atoms with Gasteiger partial charge in [-0.2, -0.15) is 8.78 Å². The number of hydrogen-bond acceptors (Lipinski definition) is 6. The van der Waals surface area contributed by atoms with Crippen molar-refractivity contribution in [3.05, 3.63) is 54.6 Å². The fourth-order valence-electron chi connectivity index (χ4n) is 3.43. The zero-order valence-corrected chi connectivity index (χ0v) is 19.4. The van der Waals surface area contributed by atoms with Gasteiger partial charge in [-0.15, -0.1) is 0 Å². The molecular formula is C23H26F2N2O6S. The van der Waals surface area contributed by atoms with Crippen LogP contribution in [0.4, 0.5) is 20.2 Å². The Morgan fingerprint density at radius 1 is 1.15 bits per heavy atom.